The van der Waals surface area contributed by atoms with Crippen molar-refractivity contribution in [1.29, 1.82) is 0 Å². The Bertz CT molecular complexity index is 1070. The minimum atomic E-state index is -0.456. The number of rotatable bonds is 6. The lowest BCUT2D eigenvalue weighted by molar-refractivity contribution is -0.153. The normalized spacial score (nSPS) is 18.8. The summed E-state index contributed by atoms with van der Waals surface area (Å²) >= 11 is 6.10. The number of H-pyrrole nitrogens is 1. The first kappa shape index (κ1) is 23.5. The van der Waals surface area contributed by atoms with Crippen LogP contribution in [-0.2, 0) is 9.53 Å². The summed E-state index contributed by atoms with van der Waals surface area (Å²) in [6.07, 6.45) is 7.67. The summed E-state index contributed by atoms with van der Waals surface area (Å²) in [5, 5.41) is 12.1. The summed E-state index contributed by atoms with van der Waals surface area (Å²) in [6.45, 7) is 5.91. The molecule has 1 aliphatic carbocycles. The number of halogens is 1. The molecule has 6 nitrogen and oxygen atoms in total. The van der Waals surface area contributed by atoms with Gasteiger partial charge in [-0.05, 0) is 76.3 Å². The lowest BCUT2D eigenvalue weighted by atomic mass is 9.81. The van der Waals surface area contributed by atoms with Crippen molar-refractivity contribution in [2.24, 2.45) is 0 Å². The van der Waals surface area contributed by atoms with E-state index in [1.54, 1.807) is 0 Å². The summed E-state index contributed by atoms with van der Waals surface area (Å²) in [5.41, 5.74) is 4.90. The molecule has 0 atom stereocenters. The van der Waals surface area contributed by atoms with Crippen molar-refractivity contribution in [3.8, 4) is 22.4 Å². The van der Waals surface area contributed by atoms with Crippen molar-refractivity contribution in [3.05, 3.63) is 59.5 Å². The summed E-state index contributed by atoms with van der Waals surface area (Å²) in [4.78, 5) is 16.2. The van der Waals surface area contributed by atoms with Crippen LogP contribution in [0.3, 0.4) is 0 Å². The predicted octanol–water partition coefficient (Wildman–Crippen LogP) is 5.75. The van der Waals surface area contributed by atoms with Crippen LogP contribution in [-0.4, -0.2) is 39.3 Å². The van der Waals surface area contributed by atoms with Gasteiger partial charge in [-0.25, -0.2) is 0 Å². The van der Waals surface area contributed by atoms with Gasteiger partial charge in [-0.15, -0.1) is 0 Å². The molecular formula is C26H31ClN4O2. The quantitative estimate of drug-likeness (QED) is 0.452. The van der Waals surface area contributed by atoms with Crippen molar-refractivity contribution < 1.29 is 9.53 Å². The van der Waals surface area contributed by atoms with Gasteiger partial charge in [0.1, 0.15) is 11.3 Å². The highest BCUT2D eigenvalue weighted by Crippen LogP contribution is 2.41. The van der Waals surface area contributed by atoms with Gasteiger partial charge in [0.2, 0.25) is 0 Å². The SMILES string of the molecule is CC(C)(C)OC(=O)CNC1CCC(c2[nH]nc(-c3ccc(Cl)cc3)c2-c2ccncc2)CC1. The Morgan fingerprint density at radius 2 is 1.73 bits per heavy atom. The average molecular weight is 467 g/mol. The van der Waals surface area contributed by atoms with Crippen LogP contribution < -0.4 is 5.32 Å². The van der Waals surface area contributed by atoms with Crippen LogP contribution in [0.2, 0.25) is 5.02 Å². The van der Waals surface area contributed by atoms with E-state index in [1.807, 2.05) is 69.6 Å². The summed E-state index contributed by atoms with van der Waals surface area (Å²) in [7, 11) is 0. The van der Waals surface area contributed by atoms with E-state index in [-0.39, 0.29) is 12.5 Å². The first-order valence-corrected chi connectivity index (χ1v) is 11.9. The zero-order chi connectivity index (χ0) is 23.4. The Hall–Kier alpha value is -2.70. The molecule has 1 aromatic carbocycles. The van der Waals surface area contributed by atoms with E-state index < -0.39 is 5.60 Å². The van der Waals surface area contributed by atoms with Crippen molar-refractivity contribution in [3.63, 3.8) is 0 Å². The number of hydrogen-bond donors (Lipinski definition) is 2. The van der Waals surface area contributed by atoms with Crippen LogP contribution in [0.4, 0.5) is 0 Å². The Morgan fingerprint density at radius 3 is 2.36 bits per heavy atom. The molecule has 1 aliphatic rings. The van der Waals surface area contributed by atoms with Gasteiger partial charge < -0.3 is 10.1 Å². The minimum absolute atomic E-state index is 0.203. The largest absolute Gasteiger partial charge is 0.459 e. The highest BCUT2D eigenvalue weighted by Gasteiger charge is 2.28. The van der Waals surface area contributed by atoms with Crippen LogP contribution in [0, 0.1) is 0 Å². The Balaban J connectivity index is 1.49. The molecular weight excluding hydrogens is 436 g/mol. The smallest absolute Gasteiger partial charge is 0.320 e. The monoisotopic (exact) mass is 466 g/mol. The van der Waals surface area contributed by atoms with Gasteiger partial charge in [-0.1, -0.05) is 23.7 Å². The van der Waals surface area contributed by atoms with E-state index in [1.165, 1.54) is 0 Å². The van der Waals surface area contributed by atoms with Crippen molar-refractivity contribution in [2.75, 3.05) is 6.54 Å². The lowest BCUT2D eigenvalue weighted by Crippen LogP contribution is -2.38. The van der Waals surface area contributed by atoms with Crippen LogP contribution in [0.25, 0.3) is 22.4 Å². The number of carbonyl (C=O) groups excluding carboxylic acids is 1. The van der Waals surface area contributed by atoms with Crippen LogP contribution in [0.15, 0.2) is 48.8 Å². The van der Waals surface area contributed by atoms with Gasteiger partial charge in [0.15, 0.2) is 0 Å². The molecule has 7 heteroatoms. The average Bonchev–Trinajstić information content (AvgIpc) is 3.23. The molecule has 2 aromatic heterocycles. The summed E-state index contributed by atoms with van der Waals surface area (Å²) in [6, 6.07) is 12.2. The number of nitrogens with one attached hydrogen (secondary N) is 2. The van der Waals surface area contributed by atoms with Crippen LogP contribution >= 0.6 is 11.6 Å². The number of aromatic nitrogens is 3. The van der Waals surface area contributed by atoms with Crippen molar-refractivity contribution >= 4 is 17.6 Å². The maximum absolute atomic E-state index is 12.0. The molecule has 0 unspecified atom stereocenters. The molecule has 0 radical (unpaired) electrons. The first-order valence-electron chi connectivity index (χ1n) is 11.5. The van der Waals surface area contributed by atoms with Gasteiger partial charge in [0.05, 0.1) is 6.54 Å². The highest BCUT2D eigenvalue weighted by atomic mass is 35.5. The number of aromatic amines is 1. The molecule has 2 N–H and O–H groups in total. The topological polar surface area (TPSA) is 79.9 Å². The van der Waals surface area contributed by atoms with Crippen LogP contribution in [0.1, 0.15) is 58.1 Å². The maximum Gasteiger partial charge on any atom is 0.320 e. The number of pyridine rings is 1. The van der Waals surface area contributed by atoms with Gasteiger partial charge in [0.25, 0.3) is 0 Å². The number of nitrogens with zero attached hydrogens (tertiary/aromatic N) is 2. The molecule has 0 amide bonds. The molecule has 0 saturated heterocycles. The Morgan fingerprint density at radius 1 is 1.06 bits per heavy atom. The van der Waals surface area contributed by atoms with Gasteiger partial charge in [-0.2, -0.15) is 5.10 Å². The Kier molecular flexibility index (Phi) is 7.15. The van der Waals surface area contributed by atoms with E-state index in [4.69, 9.17) is 21.4 Å². The number of carbonyl (C=O) groups is 1. The Labute approximate surface area is 200 Å². The van der Waals surface area contributed by atoms with Gasteiger partial charge >= 0.3 is 5.97 Å². The molecule has 174 valence electrons. The third-order valence-electron chi connectivity index (χ3n) is 5.97. The third-order valence-corrected chi connectivity index (χ3v) is 6.22. The fourth-order valence-electron chi connectivity index (χ4n) is 4.47. The minimum Gasteiger partial charge on any atom is -0.459 e. The molecule has 1 saturated carbocycles. The fraction of sp³-hybridized carbons (Fsp3) is 0.423. The van der Waals surface area contributed by atoms with Crippen molar-refractivity contribution in [1.82, 2.24) is 20.5 Å². The maximum atomic E-state index is 12.0. The fourth-order valence-corrected chi connectivity index (χ4v) is 4.60. The van der Waals surface area contributed by atoms with E-state index in [2.05, 4.69) is 15.4 Å². The second-order valence-electron chi connectivity index (χ2n) is 9.62. The molecule has 3 aromatic rings. The number of esters is 1. The second kappa shape index (κ2) is 10.1. The van der Waals surface area contributed by atoms with E-state index in [0.717, 1.165) is 53.8 Å². The molecule has 0 aliphatic heterocycles. The highest BCUT2D eigenvalue weighted by molar-refractivity contribution is 6.30. The van der Waals surface area contributed by atoms with E-state index in [9.17, 15) is 4.79 Å². The zero-order valence-electron chi connectivity index (χ0n) is 19.4. The van der Waals surface area contributed by atoms with E-state index >= 15 is 0 Å². The van der Waals surface area contributed by atoms with Gasteiger partial charge in [-0.3, -0.25) is 14.9 Å². The van der Waals surface area contributed by atoms with E-state index in [0.29, 0.717) is 17.0 Å². The molecule has 2 heterocycles. The number of ether oxygens (including phenoxy) is 1. The second-order valence-corrected chi connectivity index (χ2v) is 10.1. The van der Waals surface area contributed by atoms with Gasteiger partial charge in [0, 0.05) is 46.2 Å². The first-order chi connectivity index (χ1) is 15.8. The standard InChI is InChI=1S/C26H31ClN4O2/c1-26(2,3)33-22(32)16-29-21-10-6-19(7-11-21)25-23(17-12-14-28-15-13-17)24(30-31-25)18-4-8-20(27)9-5-18/h4-5,8-9,12-15,19,21,29H,6-7,10-11,16H2,1-3H3,(H,30,31). The summed E-state index contributed by atoms with van der Waals surface area (Å²) < 4.78 is 5.41. The summed E-state index contributed by atoms with van der Waals surface area (Å²) in [5.74, 6) is 0.173. The third kappa shape index (κ3) is 6.01. The molecule has 0 bridgehead atoms. The lowest BCUT2D eigenvalue weighted by Gasteiger charge is -2.29. The zero-order valence-corrected chi connectivity index (χ0v) is 20.2. The molecule has 0 spiro atoms. The predicted molar refractivity (Wildman–Crippen MR) is 131 cm³/mol. The van der Waals surface area contributed by atoms with Crippen LogP contribution in [0.5, 0.6) is 0 Å². The molecule has 1 fully saturated rings. The molecule has 33 heavy (non-hydrogen) atoms. The molecule has 4 rings (SSSR count). The number of hydrogen-bond acceptors (Lipinski definition) is 5. The van der Waals surface area contributed by atoms with Crippen molar-refractivity contribution in [2.45, 2.75) is 64.0 Å². The number of benzene rings is 1.